The number of urea groups is 1. The van der Waals surface area contributed by atoms with Gasteiger partial charge in [-0.3, -0.25) is 9.78 Å². The van der Waals surface area contributed by atoms with Gasteiger partial charge in [0, 0.05) is 29.7 Å². The second-order valence-electron chi connectivity index (χ2n) is 7.49. The lowest BCUT2D eigenvalue weighted by atomic mass is 10.1. The maximum atomic E-state index is 13.3. The molecule has 3 amide bonds. The Bertz CT molecular complexity index is 1190. The molecule has 0 N–H and O–H groups in total. The number of ether oxygens (including phenoxy) is 2. The Morgan fingerprint density at radius 1 is 1.15 bits per heavy atom. The van der Waals surface area contributed by atoms with Crippen molar-refractivity contribution in [2.75, 3.05) is 12.0 Å². The number of amides is 3. The van der Waals surface area contributed by atoms with Gasteiger partial charge in [-0.1, -0.05) is 11.6 Å². The van der Waals surface area contributed by atoms with Gasteiger partial charge in [-0.25, -0.2) is 9.69 Å². The Kier molecular flexibility index (Phi) is 7.51. The van der Waals surface area contributed by atoms with E-state index >= 15 is 0 Å². The first-order valence-electron chi connectivity index (χ1n) is 10.1. The lowest BCUT2D eigenvalue weighted by Gasteiger charge is -2.31. The van der Waals surface area contributed by atoms with E-state index in [4.69, 9.17) is 16.3 Å². The van der Waals surface area contributed by atoms with E-state index in [1.807, 2.05) is 0 Å². The number of hydrogen-bond acceptors (Lipinski definition) is 5. The van der Waals surface area contributed by atoms with Crippen molar-refractivity contribution < 1.29 is 32.2 Å². The molecule has 0 unspecified atom stereocenters. The Morgan fingerprint density at radius 2 is 1.79 bits per heavy atom. The molecule has 34 heavy (non-hydrogen) atoms. The van der Waals surface area contributed by atoms with Crippen molar-refractivity contribution >= 4 is 40.6 Å². The van der Waals surface area contributed by atoms with Crippen LogP contribution in [0.1, 0.15) is 19.4 Å². The highest BCUT2D eigenvalue weighted by Crippen LogP contribution is 2.30. The van der Waals surface area contributed by atoms with Crippen LogP contribution in [0.15, 0.2) is 48.7 Å². The number of hydrogen-bond donors (Lipinski definition) is 0. The minimum Gasteiger partial charge on any atom is -0.497 e. The number of anilines is 1. The van der Waals surface area contributed by atoms with E-state index in [1.165, 1.54) is 30.3 Å². The highest BCUT2D eigenvalue weighted by atomic mass is 35.5. The number of carbonyl (C=O) groups excluding carboxylic acids is 2. The summed E-state index contributed by atoms with van der Waals surface area (Å²) in [5, 5.41) is 1.00. The van der Waals surface area contributed by atoms with Gasteiger partial charge in [0.1, 0.15) is 11.5 Å². The van der Waals surface area contributed by atoms with Crippen LogP contribution in [0.4, 0.5) is 23.7 Å². The molecular formula is C23H21ClF3N3O4. The molecule has 1 heterocycles. The molecule has 0 aliphatic heterocycles. The Balaban J connectivity index is 1.94. The summed E-state index contributed by atoms with van der Waals surface area (Å²) in [7, 11) is 1.52. The first-order chi connectivity index (χ1) is 16.0. The highest BCUT2D eigenvalue weighted by molar-refractivity contribution is 6.32. The third-order valence-corrected chi connectivity index (χ3v) is 5.32. The van der Waals surface area contributed by atoms with Gasteiger partial charge in [-0.2, -0.15) is 0 Å². The molecular weight excluding hydrogens is 475 g/mol. The number of fused-ring (bicyclic) bond motifs is 1. The molecule has 3 rings (SSSR count). The SMILES string of the molecule is COc1ccc2ncc(Cl)c(CN(C(=O)N(C=O)c3ccc(OC(F)(F)F)cc3)C(C)C)c2c1. The molecule has 2 aromatic carbocycles. The zero-order chi connectivity index (χ0) is 25.0. The maximum Gasteiger partial charge on any atom is 0.573 e. The second-order valence-corrected chi connectivity index (χ2v) is 7.90. The normalized spacial score (nSPS) is 11.4. The standard InChI is InChI=1S/C23H21ClF3N3O4/c1-14(2)29(12-19-18-10-17(33-3)8-9-21(18)28-11-20(19)24)22(32)30(13-31)15-4-6-16(7-5-15)34-23(25,26)27/h4-11,13-14H,12H2,1-3H3. The van der Waals surface area contributed by atoms with Crippen LogP contribution in [0.5, 0.6) is 11.5 Å². The number of benzene rings is 2. The number of pyridine rings is 1. The number of carbonyl (C=O) groups is 2. The number of aromatic nitrogens is 1. The summed E-state index contributed by atoms with van der Waals surface area (Å²) >= 11 is 6.42. The zero-order valence-corrected chi connectivity index (χ0v) is 19.2. The summed E-state index contributed by atoms with van der Waals surface area (Å²) in [6.45, 7) is 3.57. The van der Waals surface area contributed by atoms with E-state index in [-0.39, 0.29) is 18.3 Å². The second kappa shape index (κ2) is 10.2. The van der Waals surface area contributed by atoms with Gasteiger partial charge in [0.05, 0.1) is 23.3 Å². The van der Waals surface area contributed by atoms with E-state index in [2.05, 4.69) is 9.72 Å². The van der Waals surface area contributed by atoms with Crippen LogP contribution < -0.4 is 14.4 Å². The first kappa shape index (κ1) is 25.1. The third-order valence-electron chi connectivity index (χ3n) is 4.99. The molecule has 0 radical (unpaired) electrons. The third kappa shape index (κ3) is 5.69. The van der Waals surface area contributed by atoms with Gasteiger partial charge in [0.15, 0.2) is 0 Å². The quantitative estimate of drug-likeness (QED) is 0.388. The molecule has 180 valence electrons. The fourth-order valence-electron chi connectivity index (χ4n) is 3.29. The van der Waals surface area contributed by atoms with Crippen LogP contribution in [0, 0.1) is 0 Å². The summed E-state index contributed by atoms with van der Waals surface area (Å²) in [5.74, 6) is 0.107. The summed E-state index contributed by atoms with van der Waals surface area (Å²) in [5.41, 5.74) is 1.32. The largest absolute Gasteiger partial charge is 0.573 e. The van der Waals surface area contributed by atoms with Crippen molar-refractivity contribution in [1.29, 1.82) is 0 Å². The molecule has 0 fully saturated rings. The van der Waals surface area contributed by atoms with Crippen LogP contribution in [-0.2, 0) is 11.3 Å². The minimum atomic E-state index is -4.86. The molecule has 0 atom stereocenters. The Labute approximate surface area is 198 Å². The number of alkyl halides is 3. The van der Waals surface area contributed by atoms with Crippen molar-refractivity contribution in [2.45, 2.75) is 32.8 Å². The van der Waals surface area contributed by atoms with Gasteiger partial charge in [0.25, 0.3) is 0 Å². The number of methoxy groups -OCH3 is 1. The Hall–Kier alpha value is -3.53. The van der Waals surface area contributed by atoms with Gasteiger partial charge in [-0.15, -0.1) is 13.2 Å². The van der Waals surface area contributed by atoms with Crippen molar-refractivity contribution in [3.8, 4) is 11.5 Å². The van der Waals surface area contributed by atoms with Gasteiger partial charge in [0.2, 0.25) is 6.41 Å². The fourth-order valence-corrected chi connectivity index (χ4v) is 3.50. The van der Waals surface area contributed by atoms with Crippen molar-refractivity contribution in [3.05, 3.63) is 59.2 Å². The van der Waals surface area contributed by atoms with E-state index in [0.29, 0.717) is 33.6 Å². The topological polar surface area (TPSA) is 72.0 Å². The average Bonchev–Trinajstić information content (AvgIpc) is 2.78. The molecule has 0 spiro atoms. The lowest BCUT2D eigenvalue weighted by molar-refractivity contribution is -0.274. The molecule has 1 aromatic heterocycles. The molecule has 7 nitrogen and oxygen atoms in total. The predicted octanol–water partition coefficient (Wildman–Crippen LogP) is 5.79. The predicted molar refractivity (Wildman–Crippen MR) is 121 cm³/mol. The Morgan fingerprint density at radius 3 is 2.35 bits per heavy atom. The lowest BCUT2D eigenvalue weighted by Crippen LogP contribution is -2.45. The summed E-state index contributed by atoms with van der Waals surface area (Å²) < 4.78 is 46.4. The van der Waals surface area contributed by atoms with Gasteiger partial charge >= 0.3 is 12.4 Å². The molecule has 11 heteroatoms. The van der Waals surface area contributed by atoms with Crippen LogP contribution >= 0.6 is 11.6 Å². The van der Waals surface area contributed by atoms with Crippen molar-refractivity contribution in [1.82, 2.24) is 9.88 Å². The van der Waals surface area contributed by atoms with Crippen molar-refractivity contribution in [3.63, 3.8) is 0 Å². The molecule has 0 aliphatic rings. The fraction of sp³-hybridized carbons (Fsp3) is 0.261. The van der Waals surface area contributed by atoms with E-state index in [9.17, 15) is 22.8 Å². The van der Waals surface area contributed by atoms with Gasteiger partial charge in [-0.05, 0) is 56.3 Å². The number of nitrogens with zero attached hydrogens (tertiary/aromatic N) is 3. The summed E-state index contributed by atoms with van der Waals surface area (Å²) in [4.78, 5) is 31.7. The van der Waals surface area contributed by atoms with Crippen LogP contribution in [0.25, 0.3) is 10.9 Å². The van der Waals surface area contributed by atoms with E-state index < -0.39 is 18.1 Å². The van der Waals surface area contributed by atoms with Crippen molar-refractivity contribution in [2.24, 2.45) is 0 Å². The first-order valence-corrected chi connectivity index (χ1v) is 10.4. The van der Waals surface area contributed by atoms with Crippen LogP contribution in [0.3, 0.4) is 0 Å². The van der Waals surface area contributed by atoms with Crippen LogP contribution in [-0.4, -0.2) is 41.8 Å². The van der Waals surface area contributed by atoms with E-state index in [1.54, 1.807) is 32.0 Å². The number of rotatable bonds is 7. The minimum absolute atomic E-state index is 0.0428. The highest BCUT2D eigenvalue weighted by Gasteiger charge is 2.31. The molecule has 0 saturated carbocycles. The van der Waals surface area contributed by atoms with E-state index in [0.717, 1.165) is 17.0 Å². The number of imide groups is 1. The summed E-state index contributed by atoms with van der Waals surface area (Å²) in [6.07, 6.45) is -3.08. The maximum absolute atomic E-state index is 13.3. The molecule has 3 aromatic rings. The molecule has 0 bridgehead atoms. The van der Waals surface area contributed by atoms with Gasteiger partial charge < -0.3 is 14.4 Å². The summed E-state index contributed by atoms with van der Waals surface area (Å²) in [6, 6.07) is 8.64. The van der Waals surface area contributed by atoms with Crippen LogP contribution in [0.2, 0.25) is 5.02 Å². The molecule has 0 aliphatic carbocycles. The molecule has 0 saturated heterocycles. The monoisotopic (exact) mass is 495 g/mol. The average molecular weight is 496 g/mol. The zero-order valence-electron chi connectivity index (χ0n) is 18.5. The smallest absolute Gasteiger partial charge is 0.497 e. The number of halogens is 4.